The molecule has 0 aliphatic carbocycles. The number of hydrogen-bond donors (Lipinski definition) is 1. The summed E-state index contributed by atoms with van der Waals surface area (Å²) in [5.74, 6) is -3.40. The zero-order chi connectivity index (χ0) is 13.0. The van der Waals surface area contributed by atoms with Crippen LogP contribution in [0.2, 0.25) is 0 Å². The quantitative estimate of drug-likeness (QED) is 0.869. The molecular weight excluding hydrogens is 298 g/mol. The summed E-state index contributed by atoms with van der Waals surface area (Å²) in [6.45, 7) is 1.47. The van der Waals surface area contributed by atoms with Crippen LogP contribution in [0.4, 0.5) is 8.78 Å². The van der Waals surface area contributed by atoms with E-state index in [0.29, 0.717) is 0 Å². The largest absolute Gasteiger partial charge is 0.481 e. The van der Waals surface area contributed by atoms with Crippen LogP contribution in [0, 0.1) is 11.6 Å². The molecule has 0 aliphatic rings. The van der Waals surface area contributed by atoms with Crippen LogP contribution < -0.4 is 4.74 Å². The zero-order valence-corrected chi connectivity index (χ0v) is 10.4. The number of ether oxygens (including phenoxy) is 1. The Hall–Kier alpha value is -1.43. The SMILES string of the molecule is CC(/C=C\C(=O)O)Oc1c(F)cc(Br)cc1F. The smallest absolute Gasteiger partial charge is 0.328 e. The number of carboxylic acid groups (broad SMARTS) is 1. The van der Waals surface area contributed by atoms with Gasteiger partial charge >= 0.3 is 5.97 Å². The number of hydrogen-bond acceptors (Lipinski definition) is 2. The van der Waals surface area contributed by atoms with Crippen LogP contribution in [0.3, 0.4) is 0 Å². The minimum absolute atomic E-state index is 0.258. The van der Waals surface area contributed by atoms with Crippen LogP contribution in [0.5, 0.6) is 5.75 Å². The average Bonchev–Trinajstić information content (AvgIpc) is 2.20. The molecule has 0 saturated heterocycles. The normalized spacial score (nSPS) is 12.7. The van der Waals surface area contributed by atoms with Crippen molar-refractivity contribution in [2.45, 2.75) is 13.0 Å². The molecule has 1 N–H and O–H groups in total. The number of halogens is 3. The van der Waals surface area contributed by atoms with E-state index < -0.39 is 29.5 Å². The Morgan fingerprint density at radius 1 is 1.47 bits per heavy atom. The van der Waals surface area contributed by atoms with Crippen molar-refractivity contribution < 1.29 is 23.4 Å². The van der Waals surface area contributed by atoms with Gasteiger partial charge in [-0.15, -0.1) is 0 Å². The highest BCUT2D eigenvalue weighted by Crippen LogP contribution is 2.26. The summed E-state index contributed by atoms with van der Waals surface area (Å²) in [4.78, 5) is 10.2. The fourth-order valence-corrected chi connectivity index (χ4v) is 1.49. The molecule has 1 aromatic rings. The summed E-state index contributed by atoms with van der Waals surface area (Å²) in [5.41, 5.74) is 0. The summed E-state index contributed by atoms with van der Waals surface area (Å²) in [5, 5.41) is 8.38. The molecule has 1 atom stereocenters. The molecule has 0 bridgehead atoms. The molecule has 0 heterocycles. The summed E-state index contributed by atoms with van der Waals surface area (Å²) in [6, 6.07) is 2.12. The van der Waals surface area contributed by atoms with Crippen molar-refractivity contribution >= 4 is 21.9 Å². The lowest BCUT2D eigenvalue weighted by molar-refractivity contribution is -0.131. The van der Waals surface area contributed by atoms with E-state index in [4.69, 9.17) is 9.84 Å². The lowest BCUT2D eigenvalue weighted by atomic mass is 10.3. The topological polar surface area (TPSA) is 46.5 Å². The first-order valence-corrected chi connectivity index (χ1v) is 5.41. The second kappa shape index (κ2) is 5.77. The molecule has 0 aromatic heterocycles. The third-order valence-electron chi connectivity index (χ3n) is 1.78. The van der Waals surface area contributed by atoms with Gasteiger partial charge < -0.3 is 9.84 Å². The van der Waals surface area contributed by atoms with Gasteiger partial charge in [-0.3, -0.25) is 0 Å². The molecule has 0 amide bonds. The van der Waals surface area contributed by atoms with Crippen molar-refractivity contribution in [1.82, 2.24) is 0 Å². The van der Waals surface area contributed by atoms with Crippen LogP contribution in [0.25, 0.3) is 0 Å². The van der Waals surface area contributed by atoms with Crippen molar-refractivity contribution in [3.63, 3.8) is 0 Å². The first kappa shape index (κ1) is 13.6. The fraction of sp³-hybridized carbons (Fsp3) is 0.182. The highest BCUT2D eigenvalue weighted by atomic mass is 79.9. The highest BCUT2D eigenvalue weighted by Gasteiger charge is 2.13. The van der Waals surface area contributed by atoms with Crippen molar-refractivity contribution in [1.29, 1.82) is 0 Å². The predicted molar refractivity (Wildman–Crippen MR) is 60.9 cm³/mol. The Kier molecular flexibility index (Phi) is 4.62. The van der Waals surface area contributed by atoms with Gasteiger partial charge in [-0.2, -0.15) is 0 Å². The fourth-order valence-electron chi connectivity index (χ4n) is 1.08. The van der Waals surface area contributed by atoms with Gasteiger partial charge in [-0.05, 0) is 25.1 Å². The zero-order valence-electron chi connectivity index (χ0n) is 8.78. The van der Waals surface area contributed by atoms with Crippen LogP contribution in [0.15, 0.2) is 28.8 Å². The first-order chi connectivity index (χ1) is 7.90. The van der Waals surface area contributed by atoms with E-state index in [1.54, 1.807) is 0 Å². The molecule has 0 radical (unpaired) electrons. The van der Waals surface area contributed by atoms with Gasteiger partial charge in [0.05, 0.1) is 0 Å². The van der Waals surface area contributed by atoms with Gasteiger partial charge in [-0.1, -0.05) is 15.9 Å². The monoisotopic (exact) mass is 306 g/mol. The molecule has 1 aromatic carbocycles. The van der Waals surface area contributed by atoms with Crippen molar-refractivity contribution in [3.05, 3.63) is 40.4 Å². The number of rotatable bonds is 4. The summed E-state index contributed by atoms with van der Waals surface area (Å²) >= 11 is 2.94. The maximum atomic E-state index is 13.3. The van der Waals surface area contributed by atoms with Gasteiger partial charge in [0.1, 0.15) is 6.10 Å². The molecule has 92 valence electrons. The molecule has 0 saturated carbocycles. The number of aliphatic carboxylic acids is 1. The standard InChI is InChI=1S/C11H9BrF2O3/c1-6(2-3-10(15)16)17-11-8(13)4-7(12)5-9(11)14/h2-6H,1H3,(H,15,16)/b3-2-. The van der Waals surface area contributed by atoms with Crippen LogP contribution in [-0.2, 0) is 4.79 Å². The molecule has 0 fully saturated rings. The minimum Gasteiger partial charge on any atom is -0.481 e. The molecule has 17 heavy (non-hydrogen) atoms. The van der Waals surface area contributed by atoms with Gasteiger partial charge in [0.25, 0.3) is 0 Å². The van der Waals surface area contributed by atoms with E-state index in [0.717, 1.165) is 18.2 Å². The Bertz CT molecular complexity index is 437. The van der Waals surface area contributed by atoms with Crippen molar-refractivity contribution in [2.75, 3.05) is 0 Å². The van der Waals surface area contributed by atoms with E-state index in [1.807, 2.05) is 0 Å². The summed E-state index contributed by atoms with van der Waals surface area (Å²) in [6.07, 6.45) is 1.28. The van der Waals surface area contributed by atoms with E-state index in [9.17, 15) is 13.6 Å². The lowest BCUT2D eigenvalue weighted by Crippen LogP contribution is -2.11. The third-order valence-corrected chi connectivity index (χ3v) is 2.23. The second-order valence-electron chi connectivity index (χ2n) is 3.22. The van der Waals surface area contributed by atoms with E-state index in [1.165, 1.54) is 13.0 Å². The average molecular weight is 307 g/mol. The molecule has 0 aliphatic heterocycles. The van der Waals surface area contributed by atoms with Crippen LogP contribution >= 0.6 is 15.9 Å². The molecule has 6 heteroatoms. The van der Waals surface area contributed by atoms with Crippen LogP contribution in [0.1, 0.15) is 6.92 Å². The molecule has 0 spiro atoms. The molecule has 1 unspecified atom stereocenters. The van der Waals surface area contributed by atoms with Gasteiger partial charge in [0.15, 0.2) is 17.4 Å². The van der Waals surface area contributed by atoms with Gasteiger partial charge in [0.2, 0.25) is 0 Å². The number of carboxylic acids is 1. The number of benzene rings is 1. The van der Waals surface area contributed by atoms with E-state index in [-0.39, 0.29) is 4.47 Å². The maximum Gasteiger partial charge on any atom is 0.328 e. The Morgan fingerprint density at radius 2 is 2.00 bits per heavy atom. The molecule has 1 rings (SSSR count). The summed E-state index contributed by atoms with van der Waals surface area (Å²) in [7, 11) is 0. The molecule has 3 nitrogen and oxygen atoms in total. The van der Waals surface area contributed by atoms with Crippen LogP contribution in [-0.4, -0.2) is 17.2 Å². The Labute approximate surface area is 105 Å². The Balaban J connectivity index is 2.85. The van der Waals surface area contributed by atoms with Gasteiger partial charge in [0, 0.05) is 10.5 Å². The lowest BCUT2D eigenvalue weighted by Gasteiger charge is -2.12. The highest BCUT2D eigenvalue weighted by molar-refractivity contribution is 9.10. The van der Waals surface area contributed by atoms with E-state index >= 15 is 0 Å². The van der Waals surface area contributed by atoms with Crippen molar-refractivity contribution in [2.24, 2.45) is 0 Å². The predicted octanol–water partition coefficient (Wildman–Crippen LogP) is 3.14. The van der Waals surface area contributed by atoms with Crippen molar-refractivity contribution in [3.8, 4) is 5.75 Å². The van der Waals surface area contributed by atoms with E-state index in [2.05, 4.69) is 15.9 Å². The first-order valence-electron chi connectivity index (χ1n) is 4.62. The summed E-state index contributed by atoms with van der Waals surface area (Å²) < 4.78 is 31.9. The number of carbonyl (C=O) groups is 1. The second-order valence-corrected chi connectivity index (χ2v) is 4.13. The third kappa shape index (κ3) is 4.14. The molecular formula is C11H9BrF2O3. The maximum absolute atomic E-state index is 13.3. The van der Waals surface area contributed by atoms with Gasteiger partial charge in [-0.25, -0.2) is 13.6 Å². The Morgan fingerprint density at radius 3 is 2.47 bits per heavy atom. The minimum atomic E-state index is -1.16.